The van der Waals surface area contributed by atoms with Crippen molar-refractivity contribution in [3.8, 4) is 0 Å². The Bertz CT molecular complexity index is 141. The Morgan fingerprint density at radius 3 is 3.00 bits per heavy atom. The molecule has 3 heteroatoms. The smallest absolute Gasteiger partial charge is 0.0661 e. The van der Waals surface area contributed by atoms with Crippen LogP contribution >= 0.6 is 0 Å². The predicted octanol–water partition coefficient (Wildman–Crippen LogP) is 0.270. The van der Waals surface area contributed by atoms with Gasteiger partial charge in [0.25, 0.3) is 0 Å². The van der Waals surface area contributed by atoms with Crippen molar-refractivity contribution < 1.29 is 4.74 Å². The highest BCUT2D eigenvalue weighted by Crippen LogP contribution is 2.16. The Labute approximate surface area is 74.0 Å². The first-order valence-electron chi connectivity index (χ1n) is 4.47. The summed E-state index contributed by atoms with van der Waals surface area (Å²) in [7, 11) is 0. The molecule has 1 aliphatic heterocycles. The summed E-state index contributed by atoms with van der Waals surface area (Å²) >= 11 is 0. The summed E-state index contributed by atoms with van der Waals surface area (Å²) in [5.41, 5.74) is 5.73. The van der Waals surface area contributed by atoms with Gasteiger partial charge < -0.3 is 15.8 Å². The van der Waals surface area contributed by atoms with Crippen LogP contribution in [-0.2, 0) is 4.74 Å². The zero-order valence-electron chi connectivity index (χ0n) is 7.51. The van der Waals surface area contributed by atoms with Crippen molar-refractivity contribution in [1.82, 2.24) is 5.32 Å². The van der Waals surface area contributed by atoms with Crippen LogP contribution in [0.4, 0.5) is 0 Å². The van der Waals surface area contributed by atoms with E-state index in [2.05, 4.69) is 11.9 Å². The van der Waals surface area contributed by atoms with Crippen molar-refractivity contribution in [3.63, 3.8) is 0 Å². The summed E-state index contributed by atoms with van der Waals surface area (Å²) in [4.78, 5) is 0. The molecular weight excluding hydrogens is 152 g/mol. The molecule has 1 unspecified atom stereocenters. The fraction of sp³-hybridized carbons (Fsp3) is 0.778. The molecule has 0 saturated carbocycles. The van der Waals surface area contributed by atoms with E-state index in [0.717, 1.165) is 32.6 Å². The van der Waals surface area contributed by atoms with Gasteiger partial charge in [-0.15, -0.1) is 6.58 Å². The van der Waals surface area contributed by atoms with Gasteiger partial charge in [-0.25, -0.2) is 0 Å². The highest BCUT2D eigenvalue weighted by molar-refractivity contribution is 4.93. The van der Waals surface area contributed by atoms with Crippen LogP contribution in [0.3, 0.4) is 0 Å². The summed E-state index contributed by atoms with van der Waals surface area (Å²) in [6, 6.07) is 0. The summed E-state index contributed by atoms with van der Waals surface area (Å²) < 4.78 is 5.31. The molecule has 70 valence electrons. The van der Waals surface area contributed by atoms with Crippen molar-refractivity contribution in [1.29, 1.82) is 0 Å². The van der Waals surface area contributed by atoms with Crippen LogP contribution in [-0.4, -0.2) is 31.8 Å². The summed E-state index contributed by atoms with van der Waals surface area (Å²) in [5, 5.41) is 3.42. The Hall–Kier alpha value is -0.380. The van der Waals surface area contributed by atoms with Gasteiger partial charge in [-0.05, 0) is 19.4 Å². The molecule has 1 fully saturated rings. The molecule has 0 aliphatic carbocycles. The monoisotopic (exact) mass is 170 g/mol. The molecule has 0 aromatic carbocycles. The Morgan fingerprint density at radius 1 is 1.67 bits per heavy atom. The van der Waals surface area contributed by atoms with E-state index in [0.29, 0.717) is 6.54 Å². The maximum atomic E-state index is 5.68. The van der Waals surface area contributed by atoms with E-state index >= 15 is 0 Å². The first-order chi connectivity index (χ1) is 5.83. The maximum Gasteiger partial charge on any atom is 0.0661 e. The van der Waals surface area contributed by atoms with Crippen molar-refractivity contribution in [2.45, 2.75) is 18.4 Å². The molecule has 1 heterocycles. The number of hydrogen-bond donors (Lipinski definition) is 2. The lowest BCUT2D eigenvalue weighted by Crippen LogP contribution is -2.52. The zero-order valence-corrected chi connectivity index (χ0v) is 7.51. The van der Waals surface area contributed by atoms with E-state index in [1.807, 2.05) is 6.08 Å². The van der Waals surface area contributed by atoms with Gasteiger partial charge in [0.1, 0.15) is 0 Å². The quantitative estimate of drug-likeness (QED) is 0.460. The Kier molecular flexibility index (Phi) is 3.72. The minimum atomic E-state index is 0.0447. The molecule has 0 aromatic heterocycles. The second kappa shape index (κ2) is 4.60. The van der Waals surface area contributed by atoms with Crippen LogP contribution < -0.4 is 11.1 Å². The third-order valence-electron chi connectivity index (χ3n) is 2.34. The third kappa shape index (κ3) is 2.30. The van der Waals surface area contributed by atoms with Crippen LogP contribution in [0.1, 0.15) is 12.8 Å². The summed E-state index contributed by atoms with van der Waals surface area (Å²) in [5.74, 6) is 0. The molecule has 1 saturated heterocycles. The predicted molar refractivity (Wildman–Crippen MR) is 50.0 cm³/mol. The minimum Gasteiger partial charge on any atom is -0.379 e. The van der Waals surface area contributed by atoms with E-state index in [1.54, 1.807) is 0 Å². The number of nitrogens with two attached hydrogens (primary N) is 1. The lowest BCUT2D eigenvalue weighted by atomic mass is 9.99. The molecule has 1 rings (SSSR count). The van der Waals surface area contributed by atoms with Crippen molar-refractivity contribution in [3.05, 3.63) is 12.7 Å². The molecule has 0 radical (unpaired) electrons. The van der Waals surface area contributed by atoms with Crippen molar-refractivity contribution >= 4 is 0 Å². The Balaban J connectivity index is 2.28. The Morgan fingerprint density at radius 2 is 2.50 bits per heavy atom. The van der Waals surface area contributed by atoms with Gasteiger partial charge in [0, 0.05) is 13.2 Å². The van der Waals surface area contributed by atoms with E-state index in [-0.39, 0.29) is 5.54 Å². The second-order valence-corrected chi connectivity index (χ2v) is 3.29. The topological polar surface area (TPSA) is 47.3 Å². The van der Waals surface area contributed by atoms with Gasteiger partial charge in [0.2, 0.25) is 0 Å². The largest absolute Gasteiger partial charge is 0.379 e. The number of ether oxygens (including phenoxy) is 1. The first kappa shape index (κ1) is 9.71. The van der Waals surface area contributed by atoms with E-state index < -0.39 is 0 Å². The molecule has 0 spiro atoms. The maximum absolute atomic E-state index is 5.68. The average Bonchev–Trinajstić information content (AvgIpc) is 2.55. The molecule has 0 bridgehead atoms. The van der Waals surface area contributed by atoms with E-state index in [4.69, 9.17) is 10.5 Å². The average molecular weight is 170 g/mol. The number of nitrogens with one attached hydrogen (secondary N) is 1. The highest BCUT2D eigenvalue weighted by atomic mass is 16.5. The van der Waals surface area contributed by atoms with E-state index in [9.17, 15) is 0 Å². The van der Waals surface area contributed by atoms with Gasteiger partial charge in [-0.3, -0.25) is 0 Å². The molecule has 3 N–H and O–H groups in total. The van der Waals surface area contributed by atoms with E-state index in [1.165, 1.54) is 0 Å². The molecule has 0 aromatic rings. The minimum absolute atomic E-state index is 0.0447. The van der Waals surface area contributed by atoms with Crippen LogP contribution in [0.2, 0.25) is 0 Å². The van der Waals surface area contributed by atoms with Crippen LogP contribution in [0, 0.1) is 0 Å². The molecule has 1 atom stereocenters. The molecule has 1 aliphatic rings. The van der Waals surface area contributed by atoms with Gasteiger partial charge in [-0.2, -0.15) is 0 Å². The molecular formula is C9H18N2O. The fourth-order valence-electron chi connectivity index (χ4n) is 1.42. The van der Waals surface area contributed by atoms with Crippen LogP contribution in [0.25, 0.3) is 0 Å². The third-order valence-corrected chi connectivity index (χ3v) is 2.34. The van der Waals surface area contributed by atoms with Crippen molar-refractivity contribution in [2.24, 2.45) is 5.73 Å². The van der Waals surface area contributed by atoms with Gasteiger partial charge in [0.15, 0.2) is 0 Å². The standard InChI is InChI=1S/C9H18N2O/c1-2-3-5-11-9(7-10)4-6-12-8-9/h2,11H,1,3-8,10H2. The second-order valence-electron chi connectivity index (χ2n) is 3.29. The zero-order chi connectivity index (χ0) is 8.86. The van der Waals surface area contributed by atoms with Crippen molar-refractivity contribution in [2.75, 3.05) is 26.3 Å². The lowest BCUT2D eigenvalue weighted by molar-refractivity contribution is 0.169. The fourth-order valence-corrected chi connectivity index (χ4v) is 1.42. The highest BCUT2D eigenvalue weighted by Gasteiger charge is 2.32. The molecule has 3 nitrogen and oxygen atoms in total. The summed E-state index contributed by atoms with van der Waals surface area (Å²) in [6.45, 7) is 6.86. The summed E-state index contributed by atoms with van der Waals surface area (Å²) in [6.07, 6.45) is 3.93. The van der Waals surface area contributed by atoms with Crippen LogP contribution in [0.5, 0.6) is 0 Å². The molecule has 12 heavy (non-hydrogen) atoms. The lowest BCUT2D eigenvalue weighted by Gasteiger charge is -2.26. The van der Waals surface area contributed by atoms with Crippen LogP contribution in [0.15, 0.2) is 12.7 Å². The first-order valence-corrected chi connectivity index (χ1v) is 4.47. The van der Waals surface area contributed by atoms with Gasteiger partial charge >= 0.3 is 0 Å². The van der Waals surface area contributed by atoms with Gasteiger partial charge in [-0.1, -0.05) is 6.08 Å². The molecule has 0 amide bonds. The number of hydrogen-bond acceptors (Lipinski definition) is 3. The number of rotatable bonds is 5. The SMILES string of the molecule is C=CCCNC1(CN)CCOC1. The van der Waals surface area contributed by atoms with Gasteiger partial charge in [0.05, 0.1) is 12.1 Å². The normalized spacial score (nSPS) is 29.1.